The molecule has 4 rings (SSSR count). The van der Waals surface area contributed by atoms with Gasteiger partial charge in [0.2, 0.25) is 5.71 Å². The van der Waals surface area contributed by atoms with E-state index in [1.54, 1.807) is 14.0 Å². The van der Waals surface area contributed by atoms with Crippen LogP contribution in [0.4, 0.5) is 0 Å². The second kappa shape index (κ2) is 8.24. The number of carbonyl (C=O) groups excluding carboxylic acids is 1. The fourth-order valence-electron chi connectivity index (χ4n) is 3.25. The molecule has 0 saturated heterocycles. The molecule has 2 heterocycles. The first-order valence-corrected chi connectivity index (χ1v) is 9.52. The van der Waals surface area contributed by atoms with E-state index in [0.717, 1.165) is 11.1 Å². The maximum Gasteiger partial charge on any atom is 0.265 e. The Morgan fingerprint density at radius 1 is 1.13 bits per heavy atom. The number of hydrogen-bond donors (Lipinski definition) is 1. The van der Waals surface area contributed by atoms with Crippen LogP contribution in [0, 0.1) is 6.92 Å². The zero-order valence-corrected chi connectivity index (χ0v) is 16.7. The highest BCUT2D eigenvalue weighted by Gasteiger charge is 2.22. The second-order valence-corrected chi connectivity index (χ2v) is 6.94. The van der Waals surface area contributed by atoms with Gasteiger partial charge in [0.15, 0.2) is 0 Å². The number of aromatic nitrogens is 2. The van der Waals surface area contributed by atoms with Gasteiger partial charge in [-0.15, -0.1) is 0 Å². The molecule has 30 heavy (non-hydrogen) atoms. The maximum absolute atomic E-state index is 12.9. The predicted molar refractivity (Wildman–Crippen MR) is 112 cm³/mol. The van der Waals surface area contributed by atoms with Gasteiger partial charge >= 0.3 is 0 Å². The van der Waals surface area contributed by atoms with E-state index in [4.69, 9.17) is 9.15 Å². The van der Waals surface area contributed by atoms with Crippen LogP contribution in [0.1, 0.15) is 27.2 Å². The van der Waals surface area contributed by atoms with Crippen LogP contribution in [0.25, 0.3) is 11.1 Å². The van der Waals surface area contributed by atoms with Crippen molar-refractivity contribution in [3.05, 3.63) is 93.7 Å². The van der Waals surface area contributed by atoms with Gasteiger partial charge in [-0.3, -0.25) is 9.59 Å². The molecule has 7 heteroatoms. The lowest BCUT2D eigenvalue weighted by atomic mass is 10.1. The molecule has 0 aliphatic heterocycles. The van der Waals surface area contributed by atoms with Gasteiger partial charge < -0.3 is 19.0 Å². The topological polar surface area (TPSA) is 86.4 Å². The number of ether oxygens (including phenoxy) is 1. The first kappa shape index (κ1) is 19.4. The summed E-state index contributed by atoms with van der Waals surface area (Å²) >= 11 is 0. The van der Waals surface area contributed by atoms with Crippen molar-refractivity contribution in [1.82, 2.24) is 14.9 Å². The highest BCUT2D eigenvalue weighted by molar-refractivity contribution is 6.06. The zero-order chi connectivity index (χ0) is 21.1. The molecule has 152 valence electrons. The van der Waals surface area contributed by atoms with E-state index in [1.807, 2.05) is 54.6 Å². The van der Waals surface area contributed by atoms with Crippen LogP contribution in [0.3, 0.4) is 0 Å². The van der Waals surface area contributed by atoms with E-state index < -0.39 is 5.91 Å². The number of benzene rings is 2. The Labute approximate surface area is 172 Å². The smallest absolute Gasteiger partial charge is 0.265 e. The Kier molecular flexibility index (Phi) is 5.34. The van der Waals surface area contributed by atoms with Crippen LogP contribution < -0.4 is 15.6 Å². The minimum atomic E-state index is -0.394. The zero-order valence-electron chi connectivity index (χ0n) is 16.7. The summed E-state index contributed by atoms with van der Waals surface area (Å²) in [6.07, 6.45) is 1.37. The number of hydrogen-bond acceptors (Lipinski definition) is 5. The molecule has 2 aromatic carbocycles. The summed E-state index contributed by atoms with van der Waals surface area (Å²) in [7, 11) is 1.58. The summed E-state index contributed by atoms with van der Waals surface area (Å²) in [5, 5.41) is 3.05. The van der Waals surface area contributed by atoms with Crippen molar-refractivity contribution < 1.29 is 13.9 Å². The van der Waals surface area contributed by atoms with Crippen LogP contribution in [-0.2, 0) is 20.2 Å². The van der Waals surface area contributed by atoms with E-state index >= 15 is 0 Å². The molecule has 2 aromatic heterocycles. The molecule has 0 fully saturated rings. The number of aryl methyl sites for hydroxylation is 2. The Hall–Kier alpha value is -3.87. The molecule has 0 bridgehead atoms. The molecule has 0 saturated carbocycles. The molecule has 4 aromatic rings. The minimum absolute atomic E-state index is 0.160. The standard InChI is InChI=1S/C23H21N3O4/c1-15-19(20-22(30-15)25-14-26(2)23(20)28)21(27)24-12-17-10-6-7-11-18(17)29-13-16-8-4-3-5-9-16/h3-11,14H,12-13H2,1-2H3,(H,24,27). The average molecular weight is 403 g/mol. The Morgan fingerprint density at radius 2 is 1.87 bits per heavy atom. The monoisotopic (exact) mass is 403 g/mol. The molecule has 0 atom stereocenters. The van der Waals surface area contributed by atoms with Crippen molar-refractivity contribution >= 4 is 17.0 Å². The molecule has 7 nitrogen and oxygen atoms in total. The van der Waals surface area contributed by atoms with Gasteiger partial charge in [0.05, 0.1) is 5.56 Å². The maximum atomic E-state index is 12.9. The SMILES string of the molecule is Cc1oc2ncn(C)c(=O)c2c1C(=O)NCc1ccccc1OCc1ccccc1. The van der Waals surface area contributed by atoms with Gasteiger partial charge in [-0.05, 0) is 18.6 Å². The molecular weight excluding hydrogens is 382 g/mol. The lowest BCUT2D eigenvalue weighted by Gasteiger charge is -2.12. The van der Waals surface area contributed by atoms with E-state index in [-0.39, 0.29) is 28.8 Å². The third kappa shape index (κ3) is 3.82. The largest absolute Gasteiger partial charge is 0.489 e. The number of para-hydroxylation sites is 1. The molecule has 0 radical (unpaired) electrons. The van der Waals surface area contributed by atoms with Crippen molar-refractivity contribution in [2.75, 3.05) is 0 Å². The molecule has 1 N–H and O–H groups in total. The number of nitrogens with zero attached hydrogens (tertiary/aromatic N) is 2. The van der Waals surface area contributed by atoms with Crippen molar-refractivity contribution in [2.45, 2.75) is 20.1 Å². The van der Waals surface area contributed by atoms with Crippen LogP contribution in [0.2, 0.25) is 0 Å². The fraction of sp³-hybridized carbons (Fsp3) is 0.174. The lowest BCUT2D eigenvalue weighted by molar-refractivity contribution is 0.0950. The Morgan fingerprint density at radius 3 is 2.67 bits per heavy atom. The van der Waals surface area contributed by atoms with E-state index in [1.165, 1.54) is 10.9 Å². The average Bonchev–Trinajstić information content (AvgIpc) is 3.11. The molecule has 0 aliphatic carbocycles. The molecule has 1 amide bonds. The highest BCUT2D eigenvalue weighted by atomic mass is 16.5. The van der Waals surface area contributed by atoms with Crippen LogP contribution in [0.15, 0.2) is 70.1 Å². The molecular formula is C23H21N3O4. The number of furan rings is 1. The summed E-state index contributed by atoms with van der Waals surface area (Å²) in [4.78, 5) is 29.4. The van der Waals surface area contributed by atoms with Gasteiger partial charge in [-0.1, -0.05) is 48.5 Å². The molecule has 0 spiro atoms. The number of nitrogens with one attached hydrogen (secondary N) is 1. The highest BCUT2D eigenvalue weighted by Crippen LogP contribution is 2.22. The Bertz CT molecular complexity index is 1260. The summed E-state index contributed by atoms with van der Waals surface area (Å²) in [5.41, 5.74) is 1.93. The van der Waals surface area contributed by atoms with Crippen molar-refractivity contribution in [2.24, 2.45) is 7.05 Å². The molecule has 0 aliphatic rings. The third-order valence-corrected chi connectivity index (χ3v) is 4.82. The van der Waals surface area contributed by atoms with Gasteiger partial charge in [-0.2, -0.15) is 0 Å². The predicted octanol–water partition coefficient (Wildman–Crippen LogP) is 3.34. The summed E-state index contributed by atoms with van der Waals surface area (Å²) in [6.45, 7) is 2.32. The second-order valence-electron chi connectivity index (χ2n) is 6.94. The first-order valence-electron chi connectivity index (χ1n) is 9.52. The van der Waals surface area contributed by atoms with Gasteiger partial charge in [0, 0.05) is 19.2 Å². The number of fused-ring (bicyclic) bond motifs is 1. The third-order valence-electron chi connectivity index (χ3n) is 4.82. The summed E-state index contributed by atoms with van der Waals surface area (Å²) in [6, 6.07) is 17.4. The molecule has 0 unspecified atom stereocenters. The van der Waals surface area contributed by atoms with Crippen LogP contribution in [0.5, 0.6) is 5.75 Å². The Balaban J connectivity index is 1.53. The lowest BCUT2D eigenvalue weighted by Crippen LogP contribution is -2.26. The van der Waals surface area contributed by atoms with Gasteiger partial charge in [0.1, 0.15) is 29.8 Å². The fourth-order valence-corrected chi connectivity index (χ4v) is 3.25. The van der Waals surface area contributed by atoms with Gasteiger partial charge in [-0.25, -0.2) is 4.98 Å². The number of rotatable bonds is 6. The minimum Gasteiger partial charge on any atom is -0.489 e. The quantitative estimate of drug-likeness (QED) is 0.534. The van der Waals surface area contributed by atoms with Crippen molar-refractivity contribution in [1.29, 1.82) is 0 Å². The summed E-state index contributed by atoms with van der Waals surface area (Å²) < 4.78 is 12.8. The number of carbonyl (C=O) groups is 1. The van der Waals surface area contributed by atoms with E-state index in [2.05, 4.69) is 10.3 Å². The van der Waals surface area contributed by atoms with Crippen molar-refractivity contribution in [3.8, 4) is 5.75 Å². The van der Waals surface area contributed by atoms with Gasteiger partial charge in [0.25, 0.3) is 11.5 Å². The normalized spacial score (nSPS) is 10.9. The van der Waals surface area contributed by atoms with Crippen molar-refractivity contribution in [3.63, 3.8) is 0 Å². The summed E-state index contributed by atoms with van der Waals surface area (Å²) in [5.74, 6) is 0.647. The van der Waals surface area contributed by atoms with Crippen LogP contribution in [-0.4, -0.2) is 15.5 Å². The van der Waals surface area contributed by atoms with Crippen LogP contribution >= 0.6 is 0 Å². The van der Waals surface area contributed by atoms with E-state index in [9.17, 15) is 9.59 Å². The first-order chi connectivity index (χ1) is 14.5. The number of amides is 1. The van der Waals surface area contributed by atoms with E-state index in [0.29, 0.717) is 18.1 Å².